The molecule has 2 atom stereocenters. The van der Waals surface area contributed by atoms with Gasteiger partial charge in [0.1, 0.15) is 36.2 Å². The lowest BCUT2D eigenvalue weighted by molar-refractivity contribution is -0.148. The average molecular weight is 607 g/mol. The van der Waals surface area contributed by atoms with Crippen LogP contribution >= 0.6 is 23.5 Å². The molecule has 0 heterocycles. The number of hydrogen-bond acceptors (Lipinski definition) is 11. The van der Waals surface area contributed by atoms with Gasteiger partial charge in [-0.1, -0.05) is 13.2 Å². The molecular formula is C30H38O9S2. The summed E-state index contributed by atoms with van der Waals surface area (Å²) in [6.45, 7) is 8.71. The number of thioether (sulfide) groups is 2. The Labute approximate surface area is 250 Å². The highest BCUT2D eigenvalue weighted by atomic mass is 32.2. The summed E-state index contributed by atoms with van der Waals surface area (Å²) in [5, 5.41) is 0. The summed E-state index contributed by atoms with van der Waals surface area (Å²) in [6.07, 6.45) is 5.09. The van der Waals surface area contributed by atoms with E-state index in [-0.39, 0.29) is 26.4 Å². The lowest BCUT2D eigenvalue weighted by Crippen LogP contribution is -2.29. The summed E-state index contributed by atoms with van der Waals surface area (Å²) in [5.74, 6) is 3.05. The molecule has 224 valence electrons. The fourth-order valence-electron chi connectivity index (χ4n) is 3.09. The van der Waals surface area contributed by atoms with Crippen molar-refractivity contribution in [2.75, 3.05) is 63.7 Å². The highest BCUT2D eigenvalue weighted by Crippen LogP contribution is 2.26. The lowest BCUT2D eigenvalue weighted by Gasteiger charge is -2.18. The first-order chi connectivity index (χ1) is 20.0. The maximum Gasteiger partial charge on any atom is 0.330 e. The number of carbonyl (C=O) groups excluding carboxylic acids is 2. The zero-order valence-corrected chi connectivity index (χ0v) is 25.1. The van der Waals surface area contributed by atoms with Crippen LogP contribution in [0.15, 0.2) is 73.8 Å². The molecule has 0 saturated carbocycles. The van der Waals surface area contributed by atoms with Crippen molar-refractivity contribution in [1.29, 1.82) is 0 Å². The van der Waals surface area contributed by atoms with Crippen LogP contribution in [0.4, 0.5) is 0 Å². The molecule has 0 aliphatic rings. The number of rotatable bonds is 22. The topological polar surface area (TPSA) is 98.8 Å². The third-order valence-corrected chi connectivity index (χ3v) is 6.27. The number of carbonyl (C=O) groups is 2. The van der Waals surface area contributed by atoms with Gasteiger partial charge >= 0.3 is 11.9 Å². The first-order valence-corrected chi connectivity index (χ1v) is 15.7. The molecule has 0 aromatic heterocycles. The van der Waals surface area contributed by atoms with Gasteiger partial charge in [-0.25, -0.2) is 9.59 Å². The molecule has 41 heavy (non-hydrogen) atoms. The molecule has 2 unspecified atom stereocenters. The van der Waals surface area contributed by atoms with Crippen LogP contribution in [0.2, 0.25) is 0 Å². The van der Waals surface area contributed by atoms with E-state index in [4.69, 9.17) is 33.2 Å². The van der Waals surface area contributed by atoms with Gasteiger partial charge in [-0.3, -0.25) is 0 Å². The first-order valence-electron chi connectivity index (χ1n) is 12.9. The highest BCUT2D eigenvalue weighted by Gasteiger charge is 2.16. The van der Waals surface area contributed by atoms with Crippen LogP contribution in [0.3, 0.4) is 0 Å². The largest absolute Gasteiger partial charge is 0.490 e. The van der Waals surface area contributed by atoms with Gasteiger partial charge in [0.15, 0.2) is 12.2 Å². The second-order valence-corrected chi connectivity index (χ2v) is 10.3. The Morgan fingerprint density at radius 3 is 1.37 bits per heavy atom. The summed E-state index contributed by atoms with van der Waals surface area (Å²) in [5.41, 5.74) is 0. The van der Waals surface area contributed by atoms with Crippen molar-refractivity contribution in [1.82, 2.24) is 0 Å². The van der Waals surface area contributed by atoms with Gasteiger partial charge in [-0.2, -0.15) is 23.5 Å². The molecular weight excluding hydrogens is 568 g/mol. The third-order valence-electron chi connectivity index (χ3n) is 5.13. The van der Waals surface area contributed by atoms with Gasteiger partial charge in [-0.15, -0.1) is 0 Å². The van der Waals surface area contributed by atoms with E-state index < -0.39 is 24.1 Å². The van der Waals surface area contributed by atoms with E-state index in [2.05, 4.69) is 13.2 Å². The quantitative estimate of drug-likeness (QED) is 0.101. The van der Waals surface area contributed by atoms with Gasteiger partial charge < -0.3 is 33.2 Å². The Balaban J connectivity index is 1.84. The predicted molar refractivity (Wildman–Crippen MR) is 163 cm³/mol. The predicted octanol–water partition coefficient (Wildman–Crippen LogP) is 5.19. The molecule has 2 aromatic rings. The second kappa shape index (κ2) is 20.7. The van der Waals surface area contributed by atoms with Crippen molar-refractivity contribution >= 4 is 35.5 Å². The van der Waals surface area contributed by atoms with Crippen LogP contribution in [-0.4, -0.2) is 87.8 Å². The smallest absolute Gasteiger partial charge is 0.330 e. The molecule has 2 aromatic carbocycles. The SMILES string of the molecule is C=CC(=O)OC(COCCSC)COc1ccc(Oc2ccc(OCC(COCCSC)OC(=O)C=C)cc2)cc1. The fourth-order valence-corrected chi connectivity index (χ4v) is 3.66. The van der Waals surface area contributed by atoms with Gasteiger partial charge in [0, 0.05) is 23.7 Å². The minimum atomic E-state index is -0.559. The van der Waals surface area contributed by atoms with E-state index >= 15 is 0 Å². The number of ether oxygens (including phenoxy) is 7. The van der Waals surface area contributed by atoms with Crippen molar-refractivity contribution in [3.63, 3.8) is 0 Å². The van der Waals surface area contributed by atoms with E-state index in [1.807, 2.05) is 12.5 Å². The van der Waals surface area contributed by atoms with E-state index in [1.165, 1.54) is 0 Å². The summed E-state index contributed by atoms with van der Waals surface area (Å²) >= 11 is 3.35. The molecule has 2 rings (SSSR count). The molecule has 0 radical (unpaired) electrons. The molecule has 0 bridgehead atoms. The molecule has 0 saturated heterocycles. The molecule has 11 heteroatoms. The molecule has 0 N–H and O–H groups in total. The standard InChI is InChI=1S/C30H38O9S2/c1-5-29(31)38-27(19-33-15-17-40-3)21-35-23-7-11-25(12-8-23)37-26-13-9-24(10-14-26)36-22-28(39-30(32)6-2)20-34-16-18-41-4/h5-14,27-28H,1-2,15-22H2,3-4H3. The average Bonchev–Trinajstić information content (AvgIpc) is 2.99. The van der Waals surface area contributed by atoms with Crippen molar-refractivity contribution in [2.24, 2.45) is 0 Å². The third kappa shape index (κ3) is 14.9. The maximum absolute atomic E-state index is 11.6. The molecule has 0 aliphatic carbocycles. The summed E-state index contributed by atoms with van der Waals surface area (Å²) in [7, 11) is 0. The number of benzene rings is 2. The van der Waals surface area contributed by atoms with Crippen molar-refractivity contribution in [3.8, 4) is 23.0 Å². The lowest BCUT2D eigenvalue weighted by atomic mass is 10.3. The van der Waals surface area contributed by atoms with Gasteiger partial charge in [-0.05, 0) is 61.0 Å². The van der Waals surface area contributed by atoms with Crippen molar-refractivity contribution in [2.45, 2.75) is 12.2 Å². The Kier molecular flexibility index (Phi) is 17.2. The Hall–Kier alpha value is -3.12. The van der Waals surface area contributed by atoms with Crippen LogP contribution in [0.25, 0.3) is 0 Å². The van der Waals surface area contributed by atoms with Crippen LogP contribution in [0, 0.1) is 0 Å². The minimum Gasteiger partial charge on any atom is -0.490 e. The molecule has 0 fully saturated rings. The van der Waals surface area contributed by atoms with E-state index in [9.17, 15) is 9.59 Å². The second-order valence-electron chi connectivity index (χ2n) is 8.33. The Morgan fingerprint density at radius 2 is 1.02 bits per heavy atom. The summed E-state index contributed by atoms with van der Waals surface area (Å²) in [4.78, 5) is 23.3. The van der Waals surface area contributed by atoms with Gasteiger partial charge in [0.25, 0.3) is 0 Å². The molecule has 9 nitrogen and oxygen atoms in total. The zero-order chi connectivity index (χ0) is 29.7. The number of esters is 2. The fraction of sp³-hybridized carbons (Fsp3) is 0.400. The normalized spacial score (nSPS) is 12.0. The van der Waals surface area contributed by atoms with E-state index in [0.29, 0.717) is 36.2 Å². The van der Waals surface area contributed by atoms with Crippen molar-refractivity contribution in [3.05, 3.63) is 73.8 Å². The Morgan fingerprint density at radius 1 is 0.659 bits per heavy atom. The van der Waals surface area contributed by atoms with Crippen LogP contribution in [0.5, 0.6) is 23.0 Å². The molecule has 0 spiro atoms. The van der Waals surface area contributed by atoms with Crippen molar-refractivity contribution < 1.29 is 42.7 Å². The monoisotopic (exact) mass is 606 g/mol. The highest BCUT2D eigenvalue weighted by molar-refractivity contribution is 7.98. The summed E-state index contributed by atoms with van der Waals surface area (Å²) < 4.78 is 39.2. The van der Waals surface area contributed by atoms with Gasteiger partial charge in [0.2, 0.25) is 0 Å². The van der Waals surface area contributed by atoms with Crippen LogP contribution in [0.1, 0.15) is 0 Å². The zero-order valence-electron chi connectivity index (χ0n) is 23.5. The van der Waals surface area contributed by atoms with E-state index in [1.54, 1.807) is 72.1 Å². The minimum absolute atomic E-state index is 0.137. The van der Waals surface area contributed by atoms with Crippen LogP contribution < -0.4 is 14.2 Å². The number of hydrogen-bond donors (Lipinski definition) is 0. The maximum atomic E-state index is 11.6. The molecule has 0 amide bonds. The molecule has 0 aliphatic heterocycles. The van der Waals surface area contributed by atoms with E-state index in [0.717, 1.165) is 23.7 Å². The summed E-state index contributed by atoms with van der Waals surface area (Å²) in [6, 6.07) is 14.1. The first kappa shape index (κ1) is 34.1. The van der Waals surface area contributed by atoms with Gasteiger partial charge in [0.05, 0.1) is 26.4 Å². The van der Waals surface area contributed by atoms with Crippen LogP contribution in [-0.2, 0) is 28.5 Å². The Bertz CT molecular complexity index is 961.